The number of carbonyl (C=O) groups excluding carboxylic acids is 11. The van der Waals surface area contributed by atoms with E-state index in [0.29, 0.717) is 99.1 Å². The van der Waals surface area contributed by atoms with E-state index in [0.717, 1.165) is 4.90 Å². The van der Waals surface area contributed by atoms with Crippen LogP contribution < -0.4 is 58.7 Å². The van der Waals surface area contributed by atoms with Crippen molar-refractivity contribution in [3.8, 4) is 5.75 Å². The number of unbranched alkanes of at least 4 members (excludes halogenated alkanes) is 1. The molecule has 0 radical (unpaired) electrons. The van der Waals surface area contributed by atoms with Gasteiger partial charge < -0.3 is 108 Å². The number of nitrogens with one attached hydrogen (secondary N) is 9. The van der Waals surface area contributed by atoms with Gasteiger partial charge in [0.15, 0.2) is 11.6 Å². The molecular formula is C66H102N12O22S2. The summed E-state index contributed by atoms with van der Waals surface area (Å²) >= 11 is 1.50. The Morgan fingerprint density at radius 2 is 1.50 bits per heavy atom. The van der Waals surface area contributed by atoms with E-state index in [1.807, 2.05) is 0 Å². The van der Waals surface area contributed by atoms with Gasteiger partial charge in [0.2, 0.25) is 53.2 Å². The molecule has 102 heavy (non-hydrogen) atoms. The van der Waals surface area contributed by atoms with E-state index in [1.165, 1.54) is 38.9 Å². The molecule has 0 spiro atoms. The summed E-state index contributed by atoms with van der Waals surface area (Å²) in [7, 11) is -0.976. The highest BCUT2D eigenvalue weighted by Gasteiger charge is 2.45. The molecule has 3 aliphatic rings. The predicted octanol–water partition coefficient (Wildman–Crippen LogP) is -3.23. The number of hydrogen-bond acceptors (Lipinski definition) is 24. The van der Waals surface area contributed by atoms with Gasteiger partial charge in [-0.1, -0.05) is 34.1 Å². The van der Waals surface area contributed by atoms with Crippen LogP contribution in [0.15, 0.2) is 29.1 Å². The zero-order valence-electron chi connectivity index (χ0n) is 58.4. The summed E-state index contributed by atoms with van der Waals surface area (Å²) < 4.78 is 43.3. The van der Waals surface area contributed by atoms with Crippen molar-refractivity contribution in [2.75, 3.05) is 117 Å². The number of rotatable bonds is 36. The van der Waals surface area contributed by atoms with Crippen molar-refractivity contribution in [3.05, 3.63) is 35.2 Å². The van der Waals surface area contributed by atoms with E-state index < -0.39 is 206 Å². The van der Waals surface area contributed by atoms with Gasteiger partial charge in [-0.05, 0) is 48.6 Å². The number of aliphatic carboxylic acids is 1. The molecule has 4 heterocycles. The van der Waals surface area contributed by atoms with Crippen molar-refractivity contribution in [1.82, 2.24) is 52.4 Å². The van der Waals surface area contributed by atoms with Crippen LogP contribution in [0.5, 0.6) is 5.75 Å². The number of carboxylic acids is 1. The van der Waals surface area contributed by atoms with Crippen LogP contribution in [0.25, 0.3) is 10.9 Å². The number of primary amides is 1. The molecule has 2 bridgehead atoms. The first-order chi connectivity index (χ1) is 48.7. The lowest BCUT2D eigenvalue weighted by Gasteiger charge is -2.32. The number of nitrogens with zero attached hydrogens (tertiary/aromatic N) is 1. The van der Waals surface area contributed by atoms with Gasteiger partial charge in [0.05, 0.1) is 139 Å². The molecule has 1 aromatic heterocycles. The number of thioether (sulfide) groups is 1. The van der Waals surface area contributed by atoms with Crippen LogP contribution in [-0.2, 0) is 99.5 Å². The molecule has 17 N–H and O–H groups in total. The first-order valence-corrected chi connectivity index (χ1v) is 36.6. The normalized spacial score (nSPS) is 22.7. The number of methoxy groups -OCH3 is 1. The van der Waals surface area contributed by atoms with Crippen LogP contribution in [0.3, 0.4) is 0 Å². The van der Waals surface area contributed by atoms with Gasteiger partial charge in [-0.2, -0.15) is 11.8 Å². The minimum atomic E-state index is -2.42. The highest BCUT2D eigenvalue weighted by molar-refractivity contribution is 7.98. The number of nitrogens with two attached hydrogens (primary N) is 2. The van der Waals surface area contributed by atoms with Gasteiger partial charge in [-0.15, -0.1) is 0 Å². The van der Waals surface area contributed by atoms with Gasteiger partial charge in [0, 0.05) is 97.6 Å². The Morgan fingerprint density at radius 3 is 2.16 bits per heavy atom. The Labute approximate surface area is 598 Å². The minimum Gasteiger partial charge on any atom is -0.496 e. The number of carboxylic acid groups (broad SMARTS) is 1. The molecule has 2 aromatic rings. The summed E-state index contributed by atoms with van der Waals surface area (Å²) in [5.41, 5.74) is 12.9. The van der Waals surface area contributed by atoms with Crippen molar-refractivity contribution >= 4 is 104 Å². The van der Waals surface area contributed by atoms with E-state index >= 15 is 9.00 Å². The number of hydrogen-bond donors (Lipinski definition) is 15. The zero-order valence-corrected chi connectivity index (χ0v) is 60.1. The van der Waals surface area contributed by atoms with Crippen LogP contribution in [-0.4, -0.2) is 259 Å². The number of ketones is 2. The average molecular weight is 1480 g/mol. The molecule has 12 atom stereocenters. The molecule has 36 heteroatoms. The van der Waals surface area contributed by atoms with Crippen molar-refractivity contribution < 1.29 is 106 Å². The summed E-state index contributed by atoms with van der Waals surface area (Å²) in [5.74, 6) is -14.5. The Kier molecular flexibility index (Phi) is 36.6. The first kappa shape index (κ1) is 84.8. The van der Waals surface area contributed by atoms with E-state index in [4.69, 9.17) is 40.3 Å². The van der Waals surface area contributed by atoms with Gasteiger partial charge >= 0.3 is 5.97 Å². The molecule has 2 unspecified atom stereocenters. The summed E-state index contributed by atoms with van der Waals surface area (Å²) in [6, 6.07) is -3.70. The molecule has 570 valence electrons. The highest BCUT2D eigenvalue weighted by atomic mass is 32.2. The van der Waals surface area contributed by atoms with Crippen LogP contribution in [0.4, 0.5) is 0 Å². The quantitative estimate of drug-likeness (QED) is 0.0298. The van der Waals surface area contributed by atoms with Crippen molar-refractivity contribution in [2.45, 2.75) is 139 Å². The standard InChI is InChI=1S/C66H102N12O22S2/c1-6-37(2)45-26-42(80)31-72-61(90)40-24-46-44-9-10-53(96-5)47(35-101-22-8-7-12-70-55(85)11-14-97-16-18-99-20-21-100-19-17-98-15-13-69-29-41(67)30-71-60(89)38(3)23-57(87)88)59(44)77-65(46)102(95)36-49(74-56(86)32-73-62(45)91)63(92)75-48(28-54(68)84)66(94)78-33-43(81)27-50(78)64(93)76-58(51(82)25-40)39(4)52(83)34-79/h9-10,29,37-40,43,45,48-50,52,58,69,77,79,81,83H,6-8,11-28,30-36,67H2,1-5H3,(H2,68,84)(H,70,85)(H,71,89)(H,72,90)(H,73,91)(H,74,86)(H,75,92)(H,76,93)(H,87,88)/b41-29-/t37-,38?,39-,40+,43+,45-,48-,49-,50-,52-,58-,102?/m0/s1. The van der Waals surface area contributed by atoms with Crippen molar-refractivity contribution in [2.24, 2.45) is 41.1 Å². The maximum Gasteiger partial charge on any atom is 0.304 e. The molecule has 1 saturated heterocycles. The summed E-state index contributed by atoms with van der Waals surface area (Å²) in [5, 5.41) is 62.3. The zero-order chi connectivity index (χ0) is 75.0. The maximum atomic E-state index is 15.4. The Balaban J connectivity index is 1.27. The second-order valence-corrected chi connectivity index (χ2v) is 27.9. The molecule has 34 nitrogen and oxygen atoms in total. The lowest BCUT2D eigenvalue weighted by atomic mass is 9.85. The van der Waals surface area contributed by atoms with Crippen molar-refractivity contribution in [3.63, 3.8) is 0 Å². The number of carbonyl (C=O) groups is 12. The van der Waals surface area contributed by atoms with Gasteiger partial charge in [0.25, 0.3) is 0 Å². The largest absolute Gasteiger partial charge is 0.496 e. The highest BCUT2D eigenvalue weighted by Crippen LogP contribution is 2.37. The number of benzene rings is 1. The number of aromatic nitrogens is 1. The number of H-pyrrole nitrogens is 1. The Morgan fingerprint density at radius 1 is 0.824 bits per heavy atom. The number of fused-ring (bicyclic) bond motifs is 5. The predicted molar refractivity (Wildman–Crippen MR) is 371 cm³/mol. The maximum absolute atomic E-state index is 15.4. The SMILES string of the molecule is CC[C@H](C)[C@@H]1CC(=O)CNC(=O)[C@H]2CC(=O)[C@H]([C@@H](C)[C@@H](O)CO)NC(=O)[C@@H]3C[C@@H](O)CN3C(=O)[C@H](CC(N)=O)NC(=O)[C@H](CS(=O)c3[nH]c4c(CSCCCCNC(=O)CCOCCOCCOCCOCCN/C=C(\N)CNC(=O)C(C)CC(=O)O)c(OC)ccc4c3C2)NC(=O)CNC1=O. The third-order valence-corrected chi connectivity index (χ3v) is 20.1. The molecule has 5 rings (SSSR count). The second-order valence-electron chi connectivity index (χ2n) is 25.4. The van der Waals surface area contributed by atoms with E-state index in [1.54, 1.807) is 26.0 Å². The minimum absolute atomic E-state index is 0.0701. The molecule has 3 aliphatic heterocycles. The van der Waals surface area contributed by atoms with Gasteiger partial charge in [0.1, 0.15) is 28.9 Å². The third kappa shape index (κ3) is 27.4. The molecule has 9 amide bonds. The Bertz CT molecular complexity index is 3270. The summed E-state index contributed by atoms with van der Waals surface area (Å²) in [6.45, 7) is 6.94. The van der Waals surface area contributed by atoms with E-state index in [2.05, 4.69) is 47.5 Å². The van der Waals surface area contributed by atoms with Crippen molar-refractivity contribution in [1.29, 1.82) is 0 Å². The van der Waals surface area contributed by atoms with Crippen LogP contribution in [0.2, 0.25) is 0 Å². The lowest BCUT2D eigenvalue weighted by Crippen LogP contribution is -2.60. The third-order valence-electron chi connectivity index (χ3n) is 17.6. The fourth-order valence-corrected chi connectivity index (χ4v) is 14.0. The topological polar surface area (TPSA) is 516 Å². The molecule has 1 aromatic carbocycles. The number of aromatic amines is 1. The van der Waals surface area contributed by atoms with E-state index in [9.17, 15) is 68.1 Å². The molecule has 0 aliphatic carbocycles. The van der Waals surface area contributed by atoms with Gasteiger partial charge in [-0.25, -0.2) is 0 Å². The average Bonchev–Trinajstić information content (AvgIpc) is 1.61. The smallest absolute Gasteiger partial charge is 0.304 e. The number of aliphatic hydroxyl groups is 3. The summed E-state index contributed by atoms with van der Waals surface area (Å²) in [4.78, 5) is 167. The van der Waals surface area contributed by atoms with Crippen LogP contribution >= 0.6 is 11.8 Å². The lowest BCUT2D eigenvalue weighted by molar-refractivity contribution is -0.144. The fraction of sp³-hybridized carbons (Fsp3) is 0.667. The molecule has 1 fully saturated rings. The number of ether oxygens (including phenoxy) is 5. The fourth-order valence-electron chi connectivity index (χ4n) is 11.6. The monoisotopic (exact) mass is 1480 g/mol. The Hall–Kier alpha value is -7.84. The summed E-state index contributed by atoms with van der Waals surface area (Å²) in [6.07, 6.45) is -2.77. The van der Waals surface area contributed by atoms with Gasteiger partial charge in [-0.3, -0.25) is 61.7 Å². The number of amides is 9. The molecular weight excluding hydrogens is 1380 g/mol. The van der Waals surface area contributed by atoms with Crippen LogP contribution in [0, 0.1) is 29.6 Å². The first-order valence-electron chi connectivity index (χ1n) is 34.1. The van der Waals surface area contributed by atoms with Crippen LogP contribution in [0.1, 0.15) is 96.6 Å². The second kappa shape index (κ2) is 44.0. The molecule has 0 saturated carbocycles. The number of aliphatic hydroxyl groups excluding tert-OH is 3. The number of Topliss-reactive ketones (excluding diaryl/α,β-unsaturated/α-hetero) is 2. The van der Waals surface area contributed by atoms with E-state index in [-0.39, 0.29) is 61.5 Å².